The van der Waals surface area contributed by atoms with Gasteiger partial charge in [0, 0.05) is 16.7 Å². The first-order valence-electron chi connectivity index (χ1n) is 8.77. The molecule has 1 aliphatic heterocycles. The van der Waals surface area contributed by atoms with Crippen molar-refractivity contribution in [2.24, 2.45) is 0 Å². The van der Waals surface area contributed by atoms with Crippen molar-refractivity contribution in [2.45, 2.75) is 42.9 Å². The number of nitrogens with zero attached hydrogens (tertiary/aromatic N) is 3. The first kappa shape index (κ1) is 20.7. The van der Waals surface area contributed by atoms with E-state index in [1.54, 1.807) is 11.8 Å². The fourth-order valence-electron chi connectivity index (χ4n) is 3.04. The molecular weight excluding hydrogens is 370 g/mol. The molecule has 1 saturated heterocycles. The van der Waals surface area contributed by atoms with E-state index in [2.05, 4.69) is 40.0 Å². The maximum absolute atomic E-state index is 12.5. The van der Waals surface area contributed by atoms with Gasteiger partial charge in [-0.2, -0.15) is 0 Å². The molecule has 142 valence electrons. The molecule has 0 aliphatic carbocycles. The largest absolute Gasteiger partial charge is 0.349 e. The van der Waals surface area contributed by atoms with Crippen LogP contribution in [0, 0.1) is 6.92 Å². The predicted molar refractivity (Wildman–Crippen MR) is 107 cm³/mol. The van der Waals surface area contributed by atoms with Gasteiger partial charge in [-0.1, -0.05) is 30.3 Å². The van der Waals surface area contributed by atoms with Gasteiger partial charge >= 0.3 is 0 Å². The van der Waals surface area contributed by atoms with E-state index in [0.29, 0.717) is 18.3 Å². The van der Waals surface area contributed by atoms with E-state index in [0.717, 1.165) is 31.6 Å². The molecule has 3 rings (SSSR count). The lowest BCUT2D eigenvalue weighted by Crippen LogP contribution is -2.31. The number of hydrogen-bond acceptors (Lipinski definition) is 5. The average molecular weight is 396 g/mol. The standard InChI is InChI=1S/C18H25N5OS.ClH/c1-13(25-16-6-4-3-5-7-16)12-20-18(24)17-14(2)23(22-21-17)15-8-10-19-11-9-15;/h3-7,13,15,19H,8-12H2,1-2H3,(H,20,24);1H. The highest BCUT2D eigenvalue weighted by Crippen LogP contribution is 2.22. The van der Waals surface area contributed by atoms with Crippen molar-refractivity contribution in [1.82, 2.24) is 25.6 Å². The Kier molecular flexibility index (Phi) is 7.93. The van der Waals surface area contributed by atoms with Crippen LogP contribution in [0.25, 0.3) is 0 Å². The van der Waals surface area contributed by atoms with Gasteiger partial charge in [-0.15, -0.1) is 29.3 Å². The van der Waals surface area contributed by atoms with Gasteiger partial charge in [0.15, 0.2) is 5.69 Å². The third kappa shape index (κ3) is 5.22. The lowest BCUT2D eigenvalue weighted by Gasteiger charge is -2.23. The summed E-state index contributed by atoms with van der Waals surface area (Å²) in [6, 6.07) is 10.6. The number of carbonyl (C=O) groups is 1. The van der Waals surface area contributed by atoms with Crippen molar-refractivity contribution in [3.8, 4) is 0 Å². The molecule has 8 heteroatoms. The number of nitrogens with one attached hydrogen (secondary N) is 2. The number of carbonyl (C=O) groups excluding carboxylic acids is 1. The monoisotopic (exact) mass is 395 g/mol. The smallest absolute Gasteiger partial charge is 0.273 e. The Morgan fingerprint density at radius 1 is 1.35 bits per heavy atom. The quantitative estimate of drug-likeness (QED) is 0.736. The van der Waals surface area contributed by atoms with Gasteiger partial charge in [-0.05, 0) is 45.0 Å². The minimum atomic E-state index is -0.141. The highest BCUT2D eigenvalue weighted by molar-refractivity contribution is 8.00. The van der Waals surface area contributed by atoms with Crippen LogP contribution >= 0.6 is 24.2 Å². The van der Waals surface area contributed by atoms with Gasteiger partial charge in [-0.25, -0.2) is 4.68 Å². The van der Waals surface area contributed by atoms with Crippen LogP contribution in [0.5, 0.6) is 0 Å². The second kappa shape index (κ2) is 9.94. The lowest BCUT2D eigenvalue weighted by atomic mass is 10.1. The molecule has 1 aliphatic rings. The summed E-state index contributed by atoms with van der Waals surface area (Å²) in [4.78, 5) is 13.7. The molecule has 1 aromatic carbocycles. The number of amides is 1. The van der Waals surface area contributed by atoms with E-state index in [1.807, 2.05) is 29.8 Å². The Bertz CT molecular complexity index is 703. The van der Waals surface area contributed by atoms with Crippen LogP contribution in [-0.2, 0) is 0 Å². The molecule has 0 bridgehead atoms. The van der Waals surface area contributed by atoms with Crippen molar-refractivity contribution in [3.63, 3.8) is 0 Å². The van der Waals surface area contributed by atoms with Crippen LogP contribution in [0.1, 0.15) is 42.0 Å². The molecule has 1 amide bonds. The number of rotatable bonds is 6. The Morgan fingerprint density at radius 3 is 2.73 bits per heavy atom. The highest BCUT2D eigenvalue weighted by Gasteiger charge is 2.23. The van der Waals surface area contributed by atoms with Crippen LogP contribution in [0.15, 0.2) is 35.2 Å². The second-order valence-electron chi connectivity index (χ2n) is 6.40. The van der Waals surface area contributed by atoms with E-state index in [1.165, 1.54) is 4.90 Å². The molecule has 2 aromatic rings. The topological polar surface area (TPSA) is 71.8 Å². The zero-order valence-electron chi connectivity index (χ0n) is 15.1. The number of halogens is 1. The number of thioether (sulfide) groups is 1. The average Bonchev–Trinajstić information content (AvgIpc) is 3.03. The molecule has 1 aromatic heterocycles. The zero-order chi connectivity index (χ0) is 17.6. The van der Waals surface area contributed by atoms with Crippen LogP contribution < -0.4 is 10.6 Å². The molecule has 1 atom stereocenters. The number of benzene rings is 1. The minimum absolute atomic E-state index is 0. The predicted octanol–water partition coefficient (Wildman–Crippen LogP) is 2.84. The summed E-state index contributed by atoms with van der Waals surface area (Å²) in [5, 5.41) is 15.0. The summed E-state index contributed by atoms with van der Waals surface area (Å²) in [6.07, 6.45) is 2.05. The Balaban J connectivity index is 0.00000243. The van der Waals surface area contributed by atoms with E-state index < -0.39 is 0 Å². The molecule has 6 nitrogen and oxygen atoms in total. The van der Waals surface area contributed by atoms with Crippen molar-refractivity contribution < 1.29 is 4.79 Å². The Labute approximate surface area is 164 Å². The molecular formula is C18H26ClN5OS. The van der Waals surface area contributed by atoms with Crippen LogP contribution in [0.4, 0.5) is 0 Å². The third-order valence-electron chi connectivity index (χ3n) is 4.43. The van der Waals surface area contributed by atoms with Gasteiger partial charge in [0.2, 0.25) is 0 Å². The lowest BCUT2D eigenvalue weighted by molar-refractivity contribution is 0.0948. The van der Waals surface area contributed by atoms with Crippen LogP contribution in [0.3, 0.4) is 0 Å². The summed E-state index contributed by atoms with van der Waals surface area (Å²) in [5.74, 6) is -0.141. The molecule has 26 heavy (non-hydrogen) atoms. The molecule has 2 N–H and O–H groups in total. The number of aromatic nitrogens is 3. The molecule has 1 unspecified atom stereocenters. The summed E-state index contributed by atoms with van der Waals surface area (Å²) >= 11 is 1.75. The number of hydrogen-bond donors (Lipinski definition) is 2. The zero-order valence-corrected chi connectivity index (χ0v) is 16.8. The molecule has 0 spiro atoms. The van der Waals surface area contributed by atoms with Crippen molar-refractivity contribution in [1.29, 1.82) is 0 Å². The number of piperidine rings is 1. The molecule has 2 heterocycles. The molecule has 0 saturated carbocycles. The first-order chi connectivity index (χ1) is 12.1. The van der Waals surface area contributed by atoms with Crippen molar-refractivity contribution >= 4 is 30.1 Å². The summed E-state index contributed by atoms with van der Waals surface area (Å²) < 4.78 is 1.91. The van der Waals surface area contributed by atoms with Crippen molar-refractivity contribution in [2.75, 3.05) is 19.6 Å². The summed E-state index contributed by atoms with van der Waals surface area (Å²) in [7, 11) is 0. The summed E-state index contributed by atoms with van der Waals surface area (Å²) in [5.41, 5.74) is 1.29. The minimum Gasteiger partial charge on any atom is -0.349 e. The highest BCUT2D eigenvalue weighted by atomic mass is 35.5. The Hall–Kier alpha value is -1.57. The first-order valence-corrected chi connectivity index (χ1v) is 9.65. The van der Waals surface area contributed by atoms with Crippen LogP contribution in [0.2, 0.25) is 0 Å². The van der Waals surface area contributed by atoms with Gasteiger partial charge in [0.1, 0.15) is 0 Å². The van der Waals surface area contributed by atoms with E-state index >= 15 is 0 Å². The maximum Gasteiger partial charge on any atom is 0.273 e. The van der Waals surface area contributed by atoms with E-state index in [9.17, 15) is 4.79 Å². The van der Waals surface area contributed by atoms with Gasteiger partial charge < -0.3 is 10.6 Å². The molecule has 1 fully saturated rings. The van der Waals surface area contributed by atoms with Gasteiger partial charge in [-0.3, -0.25) is 4.79 Å². The third-order valence-corrected chi connectivity index (χ3v) is 5.54. The SMILES string of the molecule is Cc1c(C(=O)NCC(C)Sc2ccccc2)nnn1C1CCNCC1.Cl. The maximum atomic E-state index is 12.5. The van der Waals surface area contributed by atoms with E-state index in [-0.39, 0.29) is 23.6 Å². The van der Waals surface area contributed by atoms with E-state index in [4.69, 9.17) is 0 Å². The van der Waals surface area contributed by atoms with Gasteiger partial charge in [0.25, 0.3) is 5.91 Å². The fourth-order valence-corrected chi connectivity index (χ4v) is 3.99. The van der Waals surface area contributed by atoms with Crippen molar-refractivity contribution in [3.05, 3.63) is 41.7 Å². The second-order valence-corrected chi connectivity index (χ2v) is 7.91. The van der Waals surface area contributed by atoms with Crippen LogP contribution in [-0.4, -0.2) is 45.8 Å². The fraction of sp³-hybridized carbons (Fsp3) is 0.500. The molecule has 0 radical (unpaired) electrons. The van der Waals surface area contributed by atoms with Gasteiger partial charge in [0.05, 0.1) is 11.7 Å². The Morgan fingerprint density at radius 2 is 2.04 bits per heavy atom. The summed E-state index contributed by atoms with van der Waals surface area (Å²) in [6.45, 7) is 6.60. The normalized spacial score (nSPS) is 15.9.